The molecule has 0 spiro atoms. The van der Waals surface area contributed by atoms with Gasteiger partial charge in [-0.3, -0.25) is 0 Å². The van der Waals surface area contributed by atoms with Crippen LogP contribution < -0.4 is 0 Å². The molecule has 0 atom stereocenters. The molecule has 0 amide bonds. The van der Waals surface area contributed by atoms with Gasteiger partial charge in [-0.25, -0.2) is 0 Å². The van der Waals surface area contributed by atoms with E-state index in [0.29, 0.717) is 0 Å². The monoisotopic (exact) mass is 140 g/mol. The van der Waals surface area contributed by atoms with Gasteiger partial charge in [-0.2, -0.15) is 0 Å². The summed E-state index contributed by atoms with van der Waals surface area (Å²) in [6, 6.07) is 0. The molecule has 0 radical (unpaired) electrons. The highest BCUT2D eigenvalue weighted by Crippen LogP contribution is 2.27. The molecule has 0 aromatic rings. The van der Waals surface area contributed by atoms with E-state index >= 15 is 0 Å². The molecule has 0 heterocycles. The fourth-order valence-electron chi connectivity index (χ4n) is 1.43. The Labute approximate surface area is 65.3 Å². The van der Waals surface area contributed by atoms with Crippen LogP contribution in [0.3, 0.4) is 0 Å². The van der Waals surface area contributed by atoms with Crippen LogP contribution in [0.5, 0.6) is 0 Å². The maximum atomic E-state index is 3.00. The molecule has 1 aliphatic rings. The molecule has 0 aliphatic heterocycles. The van der Waals surface area contributed by atoms with Gasteiger partial charge in [0.1, 0.15) is 0 Å². The summed E-state index contributed by atoms with van der Waals surface area (Å²) in [4.78, 5) is 0. The number of hydrogen-bond acceptors (Lipinski definition) is 0. The van der Waals surface area contributed by atoms with Gasteiger partial charge in [-0.1, -0.05) is 39.5 Å². The standard InChI is InChI=1S/C8H16.C2H4/c1-7-3-5-8(2)6-4-7;1-2/h7-8H,3-6H2,1-2H3;1-2H2. The van der Waals surface area contributed by atoms with Crippen molar-refractivity contribution < 1.29 is 0 Å². The Bertz CT molecular complexity index is 58.1. The SMILES string of the molecule is C=C.CC1CCC(C)CC1. The van der Waals surface area contributed by atoms with Crippen LogP contribution in [0, 0.1) is 11.8 Å². The Morgan fingerprint density at radius 3 is 1.20 bits per heavy atom. The third kappa shape index (κ3) is 3.71. The molecule has 60 valence electrons. The Morgan fingerprint density at radius 2 is 1.00 bits per heavy atom. The van der Waals surface area contributed by atoms with Gasteiger partial charge in [0, 0.05) is 0 Å². The normalized spacial score (nSPS) is 32.2. The first-order chi connectivity index (χ1) is 4.79. The summed E-state index contributed by atoms with van der Waals surface area (Å²) in [5.74, 6) is 2.04. The third-order valence-corrected chi connectivity index (χ3v) is 2.30. The molecule has 0 heteroatoms. The molecule has 0 saturated heterocycles. The smallest absolute Gasteiger partial charge is 0.0443 e. The van der Waals surface area contributed by atoms with Crippen LogP contribution in [-0.4, -0.2) is 0 Å². The predicted molar refractivity (Wildman–Crippen MR) is 48.1 cm³/mol. The zero-order chi connectivity index (χ0) is 7.98. The van der Waals surface area contributed by atoms with Crippen molar-refractivity contribution in [3.63, 3.8) is 0 Å². The summed E-state index contributed by atoms with van der Waals surface area (Å²) in [5, 5.41) is 0. The van der Waals surface area contributed by atoms with Gasteiger partial charge in [0.05, 0.1) is 0 Å². The molecule has 0 bridgehead atoms. The van der Waals surface area contributed by atoms with Crippen molar-refractivity contribution in [1.29, 1.82) is 0 Å². The molecule has 1 fully saturated rings. The van der Waals surface area contributed by atoms with Crippen LogP contribution in [0.4, 0.5) is 0 Å². The summed E-state index contributed by atoms with van der Waals surface area (Å²) in [7, 11) is 0. The molecule has 0 nitrogen and oxygen atoms in total. The summed E-state index contributed by atoms with van der Waals surface area (Å²) < 4.78 is 0. The van der Waals surface area contributed by atoms with Gasteiger partial charge in [0.25, 0.3) is 0 Å². The van der Waals surface area contributed by atoms with Crippen LogP contribution in [0.25, 0.3) is 0 Å². The van der Waals surface area contributed by atoms with Crippen molar-refractivity contribution >= 4 is 0 Å². The Hall–Kier alpha value is -0.260. The van der Waals surface area contributed by atoms with Crippen molar-refractivity contribution in [3.05, 3.63) is 13.2 Å². The van der Waals surface area contributed by atoms with E-state index in [1.165, 1.54) is 25.7 Å². The minimum absolute atomic E-state index is 1.02. The van der Waals surface area contributed by atoms with E-state index in [2.05, 4.69) is 27.0 Å². The lowest BCUT2D eigenvalue weighted by Crippen LogP contribution is -2.08. The third-order valence-electron chi connectivity index (χ3n) is 2.30. The number of hydrogen-bond donors (Lipinski definition) is 0. The zero-order valence-electron chi connectivity index (χ0n) is 7.40. The van der Waals surface area contributed by atoms with Gasteiger partial charge in [-0.05, 0) is 11.8 Å². The van der Waals surface area contributed by atoms with E-state index in [1.807, 2.05) is 0 Å². The maximum absolute atomic E-state index is 3.00. The Kier molecular flexibility index (Phi) is 5.38. The lowest BCUT2D eigenvalue weighted by Gasteiger charge is -2.22. The molecule has 0 aromatic carbocycles. The molecule has 0 N–H and O–H groups in total. The second-order valence-electron chi connectivity index (χ2n) is 3.37. The van der Waals surface area contributed by atoms with Gasteiger partial charge in [0.2, 0.25) is 0 Å². The molecule has 1 aliphatic carbocycles. The predicted octanol–water partition coefficient (Wildman–Crippen LogP) is 3.63. The van der Waals surface area contributed by atoms with E-state index in [-0.39, 0.29) is 0 Å². The lowest BCUT2D eigenvalue weighted by molar-refractivity contribution is 0.308. The van der Waals surface area contributed by atoms with E-state index in [1.54, 1.807) is 0 Å². The van der Waals surface area contributed by atoms with Gasteiger partial charge in [0.15, 0.2) is 0 Å². The van der Waals surface area contributed by atoms with Crippen LogP contribution in [0.2, 0.25) is 0 Å². The highest BCUT2D eigenvalue weighted by molar-refractivity contribution is 4.65. The summed E-state index contributed by atoms with van der Waals surface area (Å²) in [6.07, 6.45) is 5.89. The maximum Gasteiger partial charge on any atom is -0.0443 e. The molecule has 1 saturated carbocycles. The van der Waals surface area contributed by atoms with Gasteiger partial charge >= 0.3 is 0 Å². The average molecular weight is 140 g/mol. The van der Waals surface area contributed by atoms with Crippen LogP contribution in [0.1, 0.15) is 39.5 Å². The first kappa shape index (κ1) is 9.74. The molecule has 0 aromatic heterocycles. The second kappa shape index (κ2) is 5.52. The van der Waals surface area contributed by atoms with Crippen LogP contribution in [-0.2, 0) is 0 Å². The second-order valence-corrected chi connectivity index (χ2v) is 3.37. The minimum Gasteiger partial charge on any atom is -0.106 e. The molecular weight excluding hydrogens is 120 g/mol. The van der Waals surface area contributed by atoms with Crippen LogP contribution >= 0.6 is 0 Å². The van der Waals surface area contributed by atoms with Crippen molar-refractivity contribution in [3.8, 4) is 0 Å². The van der Waals surface area contributed by atoms with Crippen LogP contribution in [0.15, 0.2) is 13.2 Å². The molecular formula is C10H20. The van der Waals surface area contributed by atoms with Crippen molar-refractivity contribution in [2.45, 2.75) is 39.5 Å². The zero-order valence-corrected chi connectivity index (χ0v) is 7.40. The van der Waals surface area contributed by atoms with E-state index in [0.717, 1.165) is 11.8 Å². The van der Waals surface area contributed by atoms with Crippen molar-refractivity contribution in [2.75, 3.05) is 0 Å². The highest BCUT2D eigenvalue weighted by atomic mass is 14.2. The fraction of sp³-hybridized carbons (Fsp3) is 0.800. The largest absolute Gasteiger partial charge is 0.106 e. The molecule has 0 unspecified atom stereocenters. The topological polar surface area (TPSA) is 0 Å². The first-order valence-electron chi connectivity index (χ1n) is 4.29. The quantitative estimate of drug-likeness (QED) is 0.451. The number of rotatable bonds is 0. The summed E-state index contributed by atoms with van der Waals surface area (Å²) >= 11 is 0. The van der Waals surface area contributed by atoms with Gasteiger partial charge in [-0.15, -0.1) is 13.2 Å². The first-order valence-corrected chi connectivity index (χ1v) is 4.29. The average Bonchev–Trinajstić information content (AvgIpc) is 2.00. The summed E-state index contributed by atoms with van der Waals surface area (Å²) in [5.41, 5.74) is 0. The Balaban J connectivity index is 0.000000371. The van der Waals surface area contributed by atoms with Crippen molar-refractivity contribution in [2.24, 2.45) is 11.8 Å². The summed E-state index contributed by atoms with van der Waals surface area (Å²) in [6.45, 7) is 10.7. The van der Waals surface area contributed by atoms with Gasteiger partial charge < -0.3 is 0 Å². The molecule has 10 heavy (non-hydrogen) atoms. The van der Waals surface area contributed by atoms with E-state index in [9.17, 15) is 0 Å². The molecule has 1 rings (SSSR count). The van der Waals surface area contributed by atoms with E-state index < -0.39 is 0 Å². The highest BCUT2D eigenvalue weighted by Gasteiger charge is 2.13. The minimum atomic E-state index is 1.02. The van der Waals surface area contributed by atoms with E-state index in [4.69, 9.17) is 0 Å². The van der Waals surface area contributed by atoms with Crippen molar-refractivity contribution in [1.82, 2.24) is 0 Å². The Morgan fingerprint density at radius 1 is 0.800 bits per heavy atom. The lowest BCUT2D eigenvalue weighted by atomic mass is 9.84. The fourth-order valence-corrected chi connectivity index (χ4v) is 1.43.